The summed E-state index contributed by atoms with van der Waals surface area (Å²) >= 11 is 0. The van der Waals surface area contributed by atoms with Gasteiger partial charge in [0.15, 0.2) is 0 Å². The fourth-order valence-electron chi connectivity index (χ4n) is 2.04. The second-order valence-corrected chi connectivity index (χ2v) is 4.40. The van der Waals surface area contributed by atoms with Crippen molar-refractivity contribution in [3.63, 3.8) is 0 Å². The zero-order chi connectivity index (χ0) is 13.9. The molecule has 0 radical (unpaired) electrons. The van der Waals surface area contributed by atoms with Crippen LogP contribution in [0.15, 0.2) is 60.8 Å². The summed E-state index contributed by atoms with van der Waals surface area (Å²) in [6, 6.07) is 16.3. The molecule has 1 heterocycles. The van der Waals surface area contributed by atoms with Gasteiger partial charge >= 0.3 is 0 Å². The van der Waals surface area contributed by atoms with E-state index in [1.807, 2.05) is 36.4 Å². The molecule has 3 aromatic rings. The summed E-state index contributed by atoms with van der Waals surface area (Å²) in [6.07, 6.45) is 1.76. The third-order valence-electron chi connectivity index (χ3n) is 3.06. The molecule has 0 fully saturated rings. The van der Waals surface area contributed by atoms with Gasteiger partial charge in [-0.2, -0.15) is 4.73 Å². The average molecular weight is 268 g/mol. The summed E-state index contributed by atoms with van der Waals surface area (Å²) < 4.78 is 1.56. The number of rotatable bonds is 4. The predicted molar refractivity (Wildman–Crippen MR) is 75.3 cm³/mol. The molecule has 0 atom stereocenters. The molecule has 5 nitrogen and oxygen atoms in total. The number of non-ortho nitro benzene ring substituents is 1. The maximum atomic E-state index is 10.8. The molecule has 0 bridgehead atoms. The van der Waals surface area contributed by atoms with E-state index in [1.165, 1.54) is 12.1 Å². The van der Waals surface area contributed by atoms with E-state index in [2.05, 4.69) is 0 Å². The highest BCUT2D eigenvalue weighted by Crippen LogP contribution is 2.21. The van der Waals surface area contributed by atoms with Crippen LogP contribution in [0.1, 0.15) is 5.56 Å². The summed E-state index contributed by atoms with van der Waals surface area (Å²) in [5.41, 5.74) is 1.79. The first-order valence-corrected chi connectivity index (χ1v) is 6.17. The van der Waals surface area contributed by atoms with E-state index in [0.717, 1.165) is 10.9 Å². The minimum absolute atomic E-state index is 0.0563. The van der Waals surface area contributed by atoms with Crippen LogP contribution in [0.2, 0.25) is 0 Å². The zero-order valence-corrected chi connectivity index (χ0v) is 10.6. The summed E-state index contributed by atoms with van der Waals surface area (Å²) in [4.78, 5) is 16.1. The molecule has 0 aliphatic heterocycles. The van der Waals surface area contributed by atoms with Crippen molar-refractivity contribution in [2.45, 2.75) is 6.61 Å². The van der Waals surface area contributed by atoms with Crippen LogP contribution in [0.3, 0.4) is 0 Å². The van der Waals surface area contributed by atoms with E-state index >= 15 is 0 Å². The molecule has 0 spiro atoms. The quantitative estimate of drug-likeness (QED) is 0.539. The number of nitro benzene ring substituents is 1. The van der Waals surface area contributed by atoms with Gasteiger partial charge in [0, 0.05) is 23.7 Å². The number of nitrogens with zero attached hydrogens (tertiary/aromatic N) is 2. The van der Waals surface area contributed by atoms with Crippen LogP contribution in [0.5, 0.6) is 0 Å². The van der Waals surface area contributed by atoms with E-state index in [9.17, 15) is 10.1 Å². The van der Waals surface area contributed by atoms with Crippen molar-refractivity contribution < 1.29 is 9.76 Å². The maximum Gasteiger partial charge on any atom is 0.271 e. The molecule has 0 saturated heterocycles. The lowest BCUT2D eigenvalue weighted by Gasteiger charge is -2.08. The molecule has 100 valence electrons. The lowest BCUT2D eigenvalue weighted by molar-refractivity contribution is -0.384. The fourth-order valence-corrected chi connectivity index (χ4v) is 2.04. The van der Waals surface area contributed by atoms with Gasteiger partial charge in [-0.3, -0.25) is 10.1 Å². The zero-order valence-electron chi connectivity index (χ0n) is 10.6. The van der Waals surface area contributed by atoms with Gasteiger partial charge in [-0.05, 0) is 17.7 Å². The Bertz CT molecular complexity index is 750. The number of hydrogen-bond acceptors (Lipinski definition) is 3. The van der Waals surface area contributed by atoms with Gasteiger partial charge < -0.3 is 4.84 Å². The van der Waals surface area contributed by atoms with E-state index in [1.54, 1.807) is 17.0 Å². The topological polar surface area (TPSA) is 57.3 Å². The first kappa shape index (κ1) is 12.2. The summed E-state index contributed by atoms with van der Waals surface area (Å²) in [5, 5.41) is 11.7. The molecule has 0 unspecified atom stereocenters. The van der Waals surface area contributed by atoms with E-state index in [-0.39, 0.29) is 5.69 Å². The SMILES string of the molecule is O=[N+]([O-])c1ccc2ccn(OCc3ccccc3)c2c1. The standard InChI is InChI=1S/C15H12N2O3/c18-17(19)14-7-6-13-8-9-16(15(13)10-14)20-11-12-4-2-1-3-5-12/h1-10H,11H2. The second kappa shape index (κ2) is 5.05. The van der Waals surface area contributed by atoms with E-state index in [4.69, 9.17) is 4.84 Å². The monoisotopic (exact) mass is 268 g/mol. The second-order valence-electron chi connectivity index (χ2n) is 4.40. The van der Waals surface area contributed by atoms with Crippen LogP contribution in [0.4, 0.5) is 5.69 Å². The van der Waals surface area contributed by atoms with Crippen molar-refractivity contribution in [1.82, 2.24) is 4.73 Å². The Morgan fingerprint density at radius 2 is 1.90 bits per heavy atom. The Balaban J connectivity index is 1.88. The normalized spacial score (nSPS) is 10.6. The predicted octanol–water partition coefficient (Wildman–Crippen LogP) is 3.18. The molecular formula is C15H12N2O3. The third-order valence-corrected chi connectivity index (χ3v) is 3.06. The number of hydrogen-bond donors (Lipinski definition) is 0. The first-order valence-electron chi connectivity index (χ1n) is 6.17. The fraction of sp³-hybridized carbons (Fsp3) is 0.0667. The molecule has 5 heteroatoms. The van der Waals surface area contributed by atoms with Gasteiger partial charge in [-0.25, -0.2) is 0 Å². The Morgan fingerprint density at radius 1 is 1.10 bits per heavy atom. The highest BCUT2D eigenvalue weighted by Gasteiger charge is 2.09. The molecule has 0 aliphatic carbocycles. The summed E-state index contributed by atoms with van der Waals surface area (Å²) in [6.45, 7) is 0.410. The molecule has 1 aromatic heterocycles. The van der Waals surface area contributed by atoms with Crippen molar-refractivity contribution in [2.75, 3.05) is 0 Å². The van der Waals surface area contributed by atoms with Gasteiger partial charge in [-0.1, -0.05) is 30.3 Å². The molecule has 0 aliphatic rings. The highest BCUT2D eigenvalue weighted by atomic mass is 16.7. The lowest BCUT2D eigenvalue weighted by Crippen LogP contribution is -2.09. The Kier molecular flexibility index (Phi) is 3.09. The van der Waals surface area contributed by atoms with Crippen molar-refractivity contribution in [1.29, 1.82) is 0 Å². The first-order chi connectivity index (χ1) is 9.74. The molecular weight excluding hydrogens is 256 g/mol. The molecule has 3 rings (SSSR count). The number of aromatic nitrogens is 1. The molecule has 0 saturated carbocycles. The van der Waals surface area contributed by atoms with Crippen LogP contribution >= 0.6 is 0 Å². The van der Waals surface area contributed by atoms with Crippen LogP contribution < -0.4 is 4.84 Å². The average Bonchev–Trinajstić information content (AvgIpc) is 2.88. The van der Waals surface area contributed by atoms with Gasteiger partial charge in [0.05, 0.1) is 10.4 Å². The Morgan fingerprint density at radius 3 is 2.65 bits per heavy atom. The lowest BCUT2D eigenvalue weighted by atomic mass is 10.2. The third kappa shape index (κ3) is 2.33. The van der Waals surface area contributed by atoms with Crippen LogP contribution in [0.25, 0.3) is 10.9 Å². The molecule has 0 amide bonds. The van der Waals surface area contributed by atoms with Gasteiger partial charge in [0.2, 0.25) is 0 Å². The Hall–Kier alpha value is -2.82. The van der Waals surface area contributed by atoms with Crippen LogP contribution in [-0.2, 0) is 6.61 Å². The van der Waals surface area contributed by atoms with Gasteiger partial charge in [0.1, 0.15) is 6.61 Å². The summed E-state index contributed by atoms with van der Waals surface area (Å²) in [5.74, 6) is 0. The van der Waals surface area contributed by atoms with Crippen LogP contribution in [0, 0.1) is 10.1 Å². The van der Waals surface area contributed by atoms with Crippen molar-refractivity contribution >= 4 is 16.6 Å². The minimum Gasteiger partial charge on any atom is -0.409 e. The largest absolute Gasteiger partial charge is 0.409 e. The number of fused-ring (bicyclic) bond motifs is 1. The van der Waals surface area contributed by atoms with Gasteiger partial charge in [-0.15, -0.1) is 0 Å². The van der Waals surface area contributed by atoms with Crippen molar-refractivity contribution in [3.8, 4) is 0 Å². The highest BCUT2D eigenvalue weighted by molar-refractivity contribution is 5.82. The van der Waals surface area contributed by atoms with Gasteiger partial charge in [0.25, 0.3) is 5.69 Å². The molecule has 2 aromatic carbocycles. The number of benzene rings is 2. The minimum atomic E-state index is -0.409. The molecule has 20 heavy (non-hydrogen) atoms. The smallest absolute Gasteiger partial charge is 0.271 e. The van der Waals surface area contributed by atoms with Crippen LogP contribution in [-0.4, -0.2) is 9.65 Å². The number of nitro groups is 1. The van der Waals surface area contributed by atoms with Crippen molar-refractivity contribution in [3.05, 3.63) is 76.5 Å². The van der Waals surface area contributed by atoms with Crippen molar-refractivity contribution in [2.24, 2.45) is 0 Å². The maximum absolute atomic E-state index is 10.8. The van der Waals surface area contributed by atoms with E-state index < -0.39 is 4.92 Å². The summed E-state index contributed by atoms with van der Waals surface area (Å²) in [7, 11) is 0. The Labute approximate surface area is 115 Å². The molecule has 0 N–H and O–H groups in total. The van der Waals surface area contributed by atoms with E-state index in [0.29, 0.717) is 12.1 Å².